The van der Waals surface area contributed by atoms with Crippen molar-refractivity contribution in [3.05, 3.63) is 17.5 Å². The van der Waals surface area contributed by atoms with Crippen molar-refractivity contribution in [2.75, 3.05) is 6.54 Å². The molecule has 0 aromatic carbocycles. The Kier molecular flexibility index (Phi) is 3.83. The van der Waals surface area contributed by atoms with Crippen LogP contribution in [0, 0.1) is 6.92 Å². The van der Waals surface area contributed by atoms with Gasteiger partial charge in [-0.05, 0) is 27.7 Å². The highest BCUT2D eigenvalue weighted by atomic mass is 16.4. The number of carboxylic acid groups (broad SMARTS) is 1. The molecule has 1 atom stereocenters. The Hall–Kier alpha value is -2.58. The lowest BCUT2D eigenvalue weighted by Crippen LogP contribution is -2.58. The summed E-state index contributed by atoms with van der Waals surface area (Å²) in [5.41, 5.74) is -1.23. The zero-order valence-corrected chi connectivity index (χ0v) is 13.8. The molecule has 23 heavy (non-hydrogen) atoms. The number of rotatable bonds is 3. The summed E-state index contributed by atoms with van der Waals surface area (Å²) in [6, 6.07) is -0.655. The van der Waals surface area contributed by atoms with Crippen molar-refractivity contribution in [2.24, 2.45) is 7.05 Å². The molecule has 0 bridgehead atoms. The van der Waals surface area contributed by atoms with E-state index in [0.29, 0.717) is 11.3 Å². The summed E-state index contributed by atoms with van der Waals surface area (Å²) in [5.74, 6) is -0.589. The van der Waals surface area contributed by atoms with Gasteiger partial charge in [0.05, 0.1) is 12.2 Å². The molecule has 1 saturated heterocycles. The zero-order chi connectivity index (χ0) is 17.6. The van der Waals surface area contributed by atoms with Gasteiger partial charge in [0.2, 0.25) is 0 Å². The van der Waals surface area contributed by atoms with E-state index in [4.69, 9.17) is 0 Å². The van der Waals surface area contributed by atoms with Crippen LogP contribution >= 0.6 is 0 Å². The second kappa shape index (κ2) is 5.25. The molecular weight excluding hydrogens is 302 g/mol. The Morgan fingerprint density at radius 2 is 2.04 bits per heavy atom. The molecule has 126 valence electrons. The van der Waals surface area contributed by atoms with E-state index in [2.05, 4.69) is 15.7 Å². The molecular formula is C14H21N5O4. The SMILES string of the molecule is Cc1nn(C)cc1[C@]1(CN(C(=O)O)C(C)(C)C)NC(=O)NC1=O. The Morgan fingerprint density at radius 3 is 2.39 bits per heavy atom. The molecule has 0 aliphatic carbocycles. The van der Waals surface area contributed by atoms with Gasteiger partial charge >= 0.3 is 12.1 Å². The maximum atomic E-state index is 12.5. The van der Waals surface area contributed by atoms with Crippen LogP contribution in [0.1, 0.15) is 32.0 Å². The van der Waals surface area contributed by atoms with Crippen molar-refractivity contribution in [2.45, 2.75) is 38.8 Å². The third-order valence-electron chi connectivity index (χ3n) is 3.85. The number of hydrogen-bond acceptors (Lipinski definition) is 4. The minimum Gasteiger partial charge on any atom is -0.465 e. The summed E-state index contributed by atoms with van der Waals surface area (Å²) in [6.07, 6.45) is 0.441. The number of imide groups is 1. The number of carbonyl (C=O) groups excluding carboxylic acids is 2. The van der Waals surface area contributed by atoms with Crippen LogP contribution in [0.3, 0.4) is 0 Å². The van der Waals surface area contributed by atoms with Gasteiger partial charge in [-0.25, -0.2) is 9.59 Å². The topological polar surface area (TPSA) is 117 Å². The summed E-state index contributed by atoms with van der Waals surface area (Å²) in [4.78, 5) is 37.0. The van der Waals surface area contributed by atoms with Gasteiger partial charge in [-0.1, -0.05) is 0 Å². The molecule has 1 aromatic rings. The van der Waals surface area contributed by atoms with Gasteiger partial charge in [0.15, 0.2) is 5.54 Å². The quantitative estimate of drug-likeness (QED) is 0.702. The average Bonchev–Trinajstić information content (AvgIpc) is 2.85. The molecule has 1 aliphatic heterocycles. The minimum atomic E-state index is -1.50. The third-order valence-corrected chi connectivity index (χ3v) is 3.85. The maximum absolute atomic E-state index is 12.5. The minimum absolute atomic E-state index is 0.212. The Bertz CT molecular complexity index is 675. The summed E-state index contributed by atoms with van der Waals surface area (Å²) < 4.78 is 1.52. The first-order valence-electron chi connectivity index (χ1n) is 7.12. The number of hydrogen-bond donors (Lipinski definition) is 3. The molecule has 0 radical (unpaired) electrons. The van der Waals surface area contributed by atoms with E-state index in [1.165, 1.54) is 4.68 Å². The van der Waals surface area contributed by atoms with E-state index < -0.39 is 29.1 Å². The lowest BCUT2D eigenvalue weighted by molar-refractivity contribution is -0.125. The van der Waals surface area contributed by atoms with Crippen molar-refractivity contribution in [1.29, 1.82) is 0 Å². The molecule has 1 aliphatic rings. The number of nitrogens with one attached hydrogen (secondary N) is 2. The standard InChI is InChI=1S/C14H21N5O4/c1-8-9(6-18(5)17-8)14(10(20)15-11(21)16-14)7-19(12(22)23)13(2,3)4/h6H,7H2,1-5H3,(H,22,23)(H2,15,16,20,21)/t14-/m0/s1. The molecule has 2 heterocycles. The number of amides is 4. The molecule has 0 spiro atoms. The largest absolute Gasteiger partial charge is 0.465 e. The summed E-state index contributed by atoms with van der Waals surface area (Å²) in [6.45, 7) is 6.66. The predicted molar refractivity (Wildman–Crippen MR) is 80.8 cm³/mol. The van der Waals surface area contributed by atoms with Gasteiger partial charge in [-0.15, -0.1) is 0 Å². The number of carbonyl (C=O) groups is 3. The number of urea groups is 1. The van der Waals surface area contributed by atoms with Gasteiger partial charge in [0, 0.05) is 24.3 Å². The van der Waals surface area contributed by atoms with E-state index in [-0.39, 0.29) is 6.54 Å². The van der Waals surface area contributed by atoms with E-state index >= 15 is 0 Å². The van der Waals surface area contributed by atoms with Crippen molar-refractivity contribution >= 4 is 18.0 Å². The molecule has 0 saturated carbocycles. The molecule has 1 fully saturated rings. The van der Waals surface area contributed by atoms with E-state index in [0.717, 1.165) is 4.90 Å². The number of aryl methyl sites for hydroxylation is 2. The third kappa shape index (κ3) is 2.86. The van der Waals surface area contributed by atoms with Crippen LogP contribution < -0.4 is 10.6 Å². The fraction of sp³-hybridized carbons (Fsp3) is 0.571. The maximum Gasteiger partial charge on any atom is 0.407 e. The molecule has 2 rings (SSSR count). The fourth-order valence-electron chi connectivity index (χ4n) is 2.73. The van der Waals surface area contributed by atoms with Gasteiger partial charge in [-0.2, -0.15) is 5.10 Å². The lowest BCUT2D eigenvalue weighted by atomic mass is 9.88. The van der Waals surface area contributed by atoms with E-state index in [1.54, 1.807) is 40.9 Å². The van der Waals surface area contributed by atoms with Crippen molar-refractivity contribution in [3.63, 3.8) is 0 Å². The first-order chi connectivity index (χ1) is 10.5. The van der Waals surface area contributed by atoms with Crippen LogP contribution in [0.5, 0.6) is 0 Å². The van der Waals surface area contributed by atoms with E-state index in [1.807, 2.05) is 0 Å². The summed E-state index contributed by atoms with van der Waals surface area (Å²) >= 11 is 0. The fourth-order valence-corrected chi connectivity index (χ4v) is 2.73. The van der Waals surface area contributed by atoms with E-state index in [9.17, 15) is 19.5 Å². The van der Waals surface area contributed by atoms with Gasteiger partial charge in [0.1, 0.15) is 0 Å². The molecule has 1 aromatic heterocycles. The van der Waals surface area contributed by atoms with Crippen LogP contribution in [-0.2, 0) is 17.4 Å². The van der Waals surface area contributed by atoms with Crippen molar-refractivity contribution in [1.82, 2.24) is 25.3 Å². The summed E-state index contributed by atoms with van der Waals surface area (Å²) in [7, 11) is 1.69. The van der Waals surface area contributed by atoms with Crippen molar-refractivity contribution < 1.29 is 19.5 Å². The summed E-state index contributed by atoms with van der Waals surface area (Å²) in [5, 5.41) is 18.5. The van der Waals surface area contributed by atoms with Crippen molar-refractivity contribution in [3.8, 4) is 0 Å². The van der Waals surface area contributed by atoms with Crippen LogP contribution in [-0.4, -0.2) is 49.9 Å². The molecule has 9 nitrogen and oxygen atoms in total. The van der Waals surface area contributed by atoms with Crippen LogP contribution in [0.15, 0.2) is 6.20 Å². The highest BCUT2D eigenvalue weighted by molar-refractivity contribution is 6.07. The highest BCUT2D eigenvalue weighted by Gasteiger charge is 2.52. The Morgan fingerprint density at radius 1 is 1.43 bits per heavy atom. The highest BCUT2D eigenvalue weighted by Crippen LogP contribution is 2.30. The average molecular weight is 323 g/mol. The van der Waals surface area contributed by atoms with Crippen LogP contribution in [0.2, 0.25) is 0 Å². The predicted octanol–water partition coefficient (Wildman–Crippen LogP) is 0.542. The molecule has 0 unspecified atom stereocenters. The second-order valence-corrected chi connectivity index (χ2v) is 6.65. The Balaban J connectivity index is 2.56. The normalized spacial score (nSPS) is 21.1. The van der Waals surface area contributed by atoms with Gasteiger partial charge in [-0.3, -0.25) is 14.8 Å². The first kappa shape index (κ1) is 16.8. The molecule has 3 N–H and O–H groups in total. The smallest absolute Gasteiger partial charge is 0.407 e. The second-order valence-electron chi connectivity index (χ2n) is 6.65. The molecule has 9 heteroatoms. The van der Waals surface area contributed by atoms with Crippen LogP contribution in [0.25, 0.3) is 0 Å². The number of aromatic nitrogens is 2. The first-order valence-corrected chi connectivity index (χ1v) is 7.12. The van der Waals surface area contributed by atoms with Gasteiger partial charge in [0.25, 0.3) is 5.91 Å². The lowest BCUT2D eigenvalue weighted by Gasteiger charge is -2.39. The zero-order valence-electron chi connectivity index (χ0n) is 13.8. The Labute approximate surface area is 133 Å². The van der Waals surface area contributed by atoms with Crippen LogP contribution in [0.4, 0.5) is 9.59 Å². The molecule has 4 amide bonds. The monoisotopic (exact) mass is 323 g/mol. The number of nitrogens with zero attached hydrogens (tertiary/aromatic N) is 3. The van der Waals surface area contributed by atoms with Gasteiger partial charge < -0.3 is 15.3 Å².